The Balaban J connectivity index is 2.00. The Morgan fingerprint density at radius 2 is 2.14 bits per heavy atom. The smallest absolute Gasteiger partial charge is 0.340 e. The van der Waals surface area contributed by atoms with E-state index in [4.69, 9.17) is 16.7 Å². The zero-order chi connectivity index (χ0) is 15.4. The quantitative estimate of drug-likeness (QED) is 0.812. The first kappa shape index (κ1) is 15.8. The average molecular weight is 343 g/mol. The lowest BCUT2D eigenvalue weighted by Crippen LogP contribution is -2.15. The number of carboxylic acid groups (broad SMARTS) is 1. The normalized spacial score (nSPS) is 10.4. The molecule has 2 rings (SSSR count). The van der Waals surface area contributed by atoms with Crippen LogP contribution in [-0.4, -0.2) is 27.1 Å². The van der Waals surface area contributed by atoms with Crippen LogP contribution < -0.4 is 5.32 Å². The molecule has 0 saturated carbocycles. The van der Waals surface area contributed by atoms with Gasteiger partial charge in [0.2, 0.25) is 5.91 Å². The molecule has 2 N–H and O–H groups in total. The molecule has 2 aromatic rings. The molecule has 0 saturated heterocycles. The van der Waals surface area contributed by atoms with Gasteiger partial charge in [0, 0.05) is 4.90 Å². The number of benzene rings is 1. The monoisotopic (exact) mass is 342 g/mol. The standard InChI is InChI=1S/C13H11ClN2O3S2/c1-7-11(13(18)19)12(21-16-7)15-10(17)6-20-9-5-3-2-4-8(9)14/h2-5H,6H2,1H3,(H,15,17)(H,18,19). The largest absolute Gasteiger partial charge is 0.478 e. The fourth-order valence-corrected chi connectivity index (χ4v) is 3.42. The number of amides is 1. The maximum Gasteiger partial charge on any atom is 0.340 e. The first-order valence-electron chi connectivity index (χ1n) is 5.85. The fourth-order valence-electron chi connectivity index (χ4n) is 1.57. The number of aromatic carboxylic acids is 1. The summed E-state index contributed by atoms with van der Waals surface area (Å²) in [6.07, 6.45) is 0. The number of halogens is 1. The van der Waals surface area contributed by atoms with Gasteiger partial charge in [-0.15, -0.1) is 11.8 Å². The van der Waals surface area contributed by atoms with E-state index in [9.17, 15) is 9.59 Å². The van der Waals surface area contributed by atoms with E-state index in [0.29, 0.717) is 10.7 Å². The zero-order valence-electron chi connectivity index (χ0n) is 10.9. The predicted molar refractivity (Wildman–Crippen MR) is 84.6 cm³/mol. The third-order valence-electron chi connectivity index (χ3n) is 2.52. The van der Waals surface area contributed by atoms with Crippen LogP contribution in [0.15, 0.2) is 29.2 Å². The van der Waals surface area contributed by atoms with Gasteiger partial charge in [0.1, 0.15) is 10.6 Å². The van der Waals surface area contributed by atoms with Crippen LogP contribution in [0.2, 0.25) is 5.02 Å². The highest BCUT2D eigenvalue weighted by atomic mass is 35.5. The van der Waals surface area contributed by atoms with Crippen LogP contribution in [0.3, 0.4) is 0 Å². The minimum Gasteiger partial charge on any atom is -0.478 e. The molecule has 0 spiro atoms. The zero-order valence-corrected chi connectivity index (χ0v) is 13.3. The number of carboxylic acids is 1. The van der Waals surface area contributed by atoms with Gasteiger partial charge in [-0.1, -0.05) is 23.7 Å². The lowest BCUT2D eigenvalue weighted by atomic mass is 10.2. The van der Waals surface area contributed by atoms with Gasteiger partial charge < -0.3 is 10.4 Å². The van der Waals surface area contributed by atoms with Gasteiger partial charge in [0.25, 0.3) is 0 Å². The van der Waals surface area contributed by atoms with Crippen LogP contribution in [0, 0.1) is 6.92 Å². The average Bonchev–Trinajstić information content (AvgIpc) is 2.79. The Hall–Kier alpha value is -1.57. The van der Waals surface area contributed by atoms with Gasteiger partial charge in [-0.3, -0.25) is 4.79 Å². The molecule has 1 heterocycles. The Morgan fingerprint density at radius 3 is 2.81 bits per heavy atom. The van der Waals surface area contributed by atoms with Crippen molar-refractivity contribution < 1.29 is 14.7 Å². The lowest BCUT2D eigenvalue weighted by molar-refractivity contribution is -0.113. The maximum atomic E-state index is 11.9. The fraction of sp³-hybridized carbons (Fsp3) is 0.154. The highest BCUT2D eigenvalue weighted by molar-refractivity contribution is 8.00. The Labute approximate surface area is 134 Å². The molecule has 1 aromatic heterocycles. The number of nitrogens with zero attached hydrogens (tertiary/aromatic N) is 1. The summed E-state index contributed by atoms with van der Waals surface area (Å²) < 4.78 is 3.94. The molecule has 8 heteroatoms. The summed E-state index contributed by atoms with van der Waals surface area (Å²) in [7, 11) is 0. The number of rotatable bonds is 5. The minimum absolute atomic E-state index is 0.0380. The summed E-state index contributed by atoms with van der Waals surface area (Å²) >= 11 is 8.25. The van der Waals surface area contributed by atoms with E-state index < -0.39 is 5.97 Å². The van der Waals surface area contributed by atoms with Crippen molar-refractivity contribution in [3.8, 4) is 0 Å². The van der Waals surface area contributed by atoms with Crippen molar-refractivity contribution in [2.24, 2.45) is 0 Å². The molecule has 0 aliphatic rings. The van der Waals surface area contributed by atoms with Gasteiger partial charge in [-0.25, -0.2) is 4.79 Å². The lowest BCUT2D eigenvalue weighted by Gasteiger charge is -2.05. The number of hydrogen-bond donors (Lipinski definition) is 2. The first-order chi connectivity index (χ1) is 9.99. The summed E-state index contributed by atoms with van der Waals surface area (Å²) in [6.45, 7) is 1.59. The van der Waals surface area contributed by atoms with E-state index in [0.717, 1.165) is 16.4 Å². The second-order valence-corrected chi connectivity index (χ2v) is 6.24. The molecule has 1 aromatic carbocycles. The number of anilines is 1. The van der Waals surface area contributed by atoms with Crippen LogP contribution in [0.1, 0.15) is 16.1 Å². The van der Waals surface area contributed by atoms with Gasteiger partial charge in [0.15, 0.2) is 0 Å². The summed E-state index contributed by atoms with van der Waals surface area (Å²) in [4.78, 5) is 23.8. The number of thioether (sulfide) groups is 1. The third kappa shape index (κ3) is 3.96. The molecule has 0 atom stereocenters. The molecule has 0 bridgehead atoms. The van der Waals surface area contributed by atoms with Crippen LogP contribution >= 0.6 is 34.9 Å². The molecular weight excluding hydrogens is 332 g/mol. The SMILES string of the molecule is Cc1nsc(NC(=O)CSc2ccccc2Cl)c1C(=O)O. The maximum absolute atomic E-state index is 11.9. The summed E-state index contributed by atoms with van der Waals surface area (Å²) in [5.41, 5.74) is 0.428. The summed E-state index contributed by atoms with van der Waals surface area (Å²) in [5, 5.41) is 12.5. The van der Waals surface area contributed by atoms with Crippen molar-refractivity contribution in [2.45, 2.75) is 11.8 Å². The number of hydrogen-bond acceptors (Lipinski definition) is 5. The summed E-state index contributed by atoms with van der Waals surface area (Å²) in [6, 6.07) is 7.21. The Bertz CT molecular complexity index is 688. The molecular formula is C13H11ClN2O3S2. The van der Waals surface area contributed by atoms with Crippen LogP contribution in [0.25, 0.3) is 0 Å². The predicted octanol–water partition coefficient (Wildman–Crippen LogP) is 3.53. The van der Waals surface area contributed by atoms with E-state index in [1.807, 2.05) is 18.2 Å². The Morgan fingerprint density at radius 1 is 1.43 bits per heavy atom. The van der Waals surface area contributed by atoms with Gasteiger partial charge >= 0.3 is 5.97 Å². The second kappa shape index (κ2) is 6.93. The number of nitrogens with one attached hydrogen (secondary N) is 1. The number of aryl methyl sites for hydroxylation is 1. The molecule has 0 radical (unpaired) electrons. The molecule has 5 nitrogen and oxygen atoms in total. The van der Waals surface area contributed by atoms with E-state index >= 15 is 0 Å². The van der Waals surface area contributed by atoms with Crippen LogP contribution in [0.5, 0.6) is 0 Å². The third-order valence-corrected chi connectivity index (χ3v) is 4.89. The summed E-state index contributed by atoms with van der Waals surface area (Å²) in [5.74, 6) is -1.26. The highest BCUT2D eigenvalue weighted by Crippen LogP contribution is 2.28. The first-order valence-corrected chi connectivity index (χ1v) is 7.99. The molecule has 21 heavy (non-hydrogen) atoms. The Kier molecular flexibility index (Phi) is 5.22. The van der Waals surface area contributed by atoms with Gasteiger partial charge in [-0.2, -0.15) is 4.37 Å². The van der Waals surface area contributed by atoms with Crippen molar-refractivity contribution in [1.29, 1.82) is 0 Å². The molecule has 110 valence electrons. The van der Waals surface area contributed by atoms with Gasteiger partial charge in [0.05, 0.1) is 16.5 Å². The van der Waals surface area contributed by atoms with E-state index in [-0.39, 0.29) is 22.2 Å². The highest BCUT2D eigenvalue weighted by Gasteiger charge is 2.19. The molecule has 0 unspecified atom stereocenters. The van der Waals surface area contributed by atoms with Crippen LogP contribution in [-0.2, 0) is 4.79 Å². The van der Waals surface area contributed by atoms with Crippen LogP contribution in [0.4, 0.5) is 5.00 Å². The van der Waals surface area contributed by atoms with Crippen molar-refractivity contribution in [3.63, 3.8) is 0 Å². The molecule has 0 fully saturated rings. The number of carbonyl (C=O) groups excluding carboxylic acids is 1. The van der Waals surface area contributed by atoms with Crippen molar-refractivity contribution in [1.82, 2.24) is 4.37 Å². The molecule has 0 aliphatic carbocycles. The van der Waals surface area contributed by atoms with Crippen molar-refractivity contribution in [2.75, 3.05) is 11.1 Å². The van der Waals surface area contributed by atoms with Gasteiger partial charge in [-0.05, 0) is 30.6 Å². The van der Waals surface area contributed by atoms with E-state index in [1.165, 1.54) is 11.8 Å². The topological polar surface area (TPSA) is 79.3 Å². The minimum atomic E-state index is -1.10. The molecule has 1 amide bonds. The number of carbonyl (C=O) groups is 2. The number of aromatic nitrogens is 1. The second-order valence-electron chi connectivity index (χ2n) is 4.04. The molecule has 0 aliphatic heterocycles. The van der Waals surface area contributed by atoms with Crippen molar-refractivity contribution in [3.05, 3.63) is 40.5 Å². The van der Waals surface area contributed by atoms with Crippen molar-refractivity contribution >= 4 is 51.8 Å². The van der Waals surface area contributed by atoms with E-state index in [2.05, 4.69) is 9.69 Å². The van der Waals surface area contributed by atoms with E-state index in [1.54, 1.807) is 13.0 Å².